The summed E-state index contributed by atoms with van der Waals surface area (Å²) in [5, 5.41) is 0. The number of rotatable bonds is 2. The molecule has 23 heavy (non-hydrogen) atoms. The number of ether oxygens (including phenoxy) is 2. The number of hydrogen-bond donors (Lipinski definition) is 0. The van der Waals surface area contributed by atoms with Crippen molar-refractivity contribution >= 4 is 0 Å². The van der Waals surface area contributed by atoms with E-state index in [4.69, 9.17) is 14.5 Å². The van der Waals surface area contributed by atoms with Gasteiger partial charge in [0.15, 0.2) is 0 Å². The number of allylic oxidation sites excluding steroid dienone is 2. The number of benzene rings is 1. The zero-order chi connectivity index (χ0) is 15.6. The number of hydrogen-bond acceptors (Lipinski definition) is 4. The minimum atomic E-state index is 0.270. The van der Waals surface area contributed by atoms with Crippen LogP contribution in [-0.4, -0.2) is 24.2 Å². The van der Waals surface area contributed by atoms with Crippen LogP contribution in [-0.2, 0) is 0 Å². The minimum Gasteiger partial charge on any atom is -0.481 e. The summed E-state index contributed by atoms with van der Waals surface area (Å²) in [6, 6.07) is 9.17. The van der Waals surface area contributed by atoms with E-state index in [0.717, 1.165) is 11.3 Å². The highest BCUT2D eigenvalue weighted by Crippen LogP contribution is 2.59. The molecular formula is C19H18N2O2. The van der Waals surface area contributed by atoms with E-state index >= 15 is 0 Å². The Morgan fingerprint density at radius 2 is 1.61 bits per heavy atom. The highest BCUT2D eigenvalue weighted by Gasteiger charge is 2.48. The molecule has 1 aromatic carbocycles. The van der Waals surface area contributed by atoms with Gasteiger partial charge < -0.3 is 9.47 Å². The smallest absolute Gasteiger partial charge is 0.319 e. The first kappa shape index (κ1) is 13.1. The summed E-state index contributed by atoms with van der Waals surface area (Å²) in [6.07, 6.45) is 5.93. The number of methoxy groups -OCH3 is 2. The van der Waals surface area contributed by atoms with Crippen molar-refractivity contribution in [2.24, 2.45) is 11.8 Å². The molecule has 0 amide bonds. The topological polar surface area (TPSA) is 44.2 Å². The van der Waals surface area contributed by atoms with Gasteiger partial charge in [0.1, 0.15) is 0 Å². The first-order valence-electron chi connectivity index (χ1n) is 8.08. The Morgan fingerprint density at radius 3 is 2.30 bits per heavy atom. The van der Waals surface area contributed by atoms with Crippen LogP contribution in [0.25, 0.3) is 0 Å². The maximum absolute atomic E-state index is 5.63. The molecule has 4 bridgehead atoms. The van der Waals surface area contributed by atoms with E-state index in [0.29, 0.717) is 23.7 Å². The molecule has 6 rings (SSSR count). The summed E-state index contributed by atoms with van der Waals surface area (Å²) in [5.41, 5.74) is 5.07. The first-order valence-corrected chi connectivity index (χ1v) is 8.08. The molecule has 0 unspecified atom stereocenters. The Kier molecular flexibility index (Phi) is 2.61. The van der Waals surface area contributed by atoms with E-state index in [1.54, 1.807) is 14.2 Å². The molecule has 0 N–H and O–H groups in total. The van der Waals surface area contributed by atoms with Crippen LogP contribution in [0.2, 0.25) is 0 Å². The van der Waals surface area contributed by atoms with Crippen LogP contribution in [0.5, 0.6) is 11.9 Å². The molecule has 4 atom stereocenters. The molecule has 0 spiro atoms. The van der Waals surface area contributed by atoms with Crippen LogP contribution < -0.4 is 9.47 Å². The van der Waals surface area contributed by atoms with Crippen molar-refractivity contribution in [3.8, 4) is 11.9 Å². The lowest BCUT2D eigenvalue weighted by molar-refractivity contribution is 0.342. The van der Waals surface area contributed by atoms with Gasteiger partial charge in [-0.25, -0.2) is 0 Å². The van der Waals surface area contributed by atoms with Crippen LogP contribution >= 0.6 is 0 Å². The second-order valence-corrected chi connectivity index (χ2v) is 6.55. The molecule has 4 aliphatic carbocycles. The molecule has 0 radical (unpaired) electrons. The molecule has 4 heteroatoms. The lowest BCUT2D eigenvalue weighted by Gasteiger charge is -2.34. The highest BCUT2D eigenvalue weighted by molar-refractivity contribution is 5.58. The quantitative estimate of drug-likeness (QED) is 0.799. The van der Waals surface area contributed by atoms with Gasteiger partial charge in [-0.3, -0.25) is 0 Å². The Labute approximate surface area is 135 Å². The maximum atomic E-state index is 5.63. The van der Waals surface area contributed by atoms with Gasteiger partial charge in [-0.15, -0.1) is 0 Å². The molecule has 1 aromatic heterocycles. The third kappa shape index (κ3) is 1.61. The third-order valence-corrected chi connectivity index (χ3v) is 5.57. The molecule has 0 fully saturated rings. The molecule has 2 aromatic rings. The molecule has 4 aliphatic rings. The summed E-state index contributed by atoms with van der Waals surface area (Å²) in [5.74, 6) is 2.21. The van der Waals surface area contributed by atoms with Crippen LogP contribution in [0, 0.1) is 11.8 Å². The van der Waals surface area contributed by atoms with Gasteiger partial charge in [-0.2, -0.15) is 9.97 Å². The summed E-state index contributed by atoms with van der Waals surface area (Å²) >= 11 is 0. The zero-order valence-electron chi connectivity index (χ0n) is 13.2. The van der Waals surface area contributed by atoms with Crippen molar-refractivity contribution in [3.63, 3.8) is 0 Å². The van der Waals surface area contributed by atoms with E-state index in [9.17, 15) is 0 Å². The van der Waals surface area contributed by atoms with Gasteiger partial charge in [0, 0.05) is 17.4 Å². The van der Waals surface area contributed by atoms with E-state index in [1.807, 2.05) is 0 Å². The highest BCUT2D eigenvalue weighted by atomic mass is 16.5. The van der Waals surface area contributed by atoms with Crippen molar-refractivity contribution in [3.05, 3.63) is 58.8 Å². The fraction of sp³-hybridized carbons (Fsp3) is 0.368. The van der Waals surface area contributed by atoms with E-state index in [2.05, 4.69) is 41.4 Å². The summed E-state index contributed by atoms with van der Waals surface area (Å²) in [7, 11) is 3.29. The molecule has 0 saturated heterocycles. The standard InChI is InChI=1S/C19H18N2O2/c1-22-18-16-14-10-7-8-11(9-10)15(13-6-4-3-5-12(13)14)17(16)20-19(21-18)23-2/h3-8,10-11,14-15H,9H2,1-2H3/t10-,11+,14-,15+/m0/s1. The SMILES string of the molecule is COc1nc(OC)c2c(n1)[C@H]1c3ccccc3[C@@H]2[C@H]2C=C[C@@H]1C2. The average Bonchev–Trinajstić information content (AvgIpc) is 2.95. The van der Waals surface area contributed by atoms with Crippen LogP contribution in [0.15, 0.2) is 36.4 Å². The summed E-state index contributed by atoms with van der Waals surface area (Å²) in [4.78, 5) is 9.21. The number of aromatic nitrogens is 2. The van der Waals surface area contributed by atoms with E-state index in [1.165, 1.54) is 17.5 Å². The second kappa shape index (κ2) is 4.57. The number of nitrogens with zero attached hydrogens (tertiary/aromatic N) is 2. The molecular weight excluding hydrogens is 288 g/mol. The van der Waals surface area contributed by atoms with Gasteiger partial charge in [0.05, 0.1) is 19.9 Å². The van der Waals surface area contributed by atoms with Crippen LogP contribution in [0.1, 0.15) is 40.6 Å². The maximum Gasteiger partial charge on any atom is 0.319 e. The van der Waals surface area contributed by atoms with Crippen molar-refractivity contribution < 1.29 is 9.47 Å². The Bertz CT molecular complexity index is 830. The van der Waals surface area contributed by atoms with Crippen molar-refractivity contribution in [1.29, 1.82) is 0 Å². The molecule has 116 valence electrons. The fourth-order valence-corrected chi connectivity index (χ4v) is 4.73. The zero-order valence-corrected chi connectivity index (χ0v) is 13.2. The molecule has 0 saturated carbocycles. The lowest BCUT2D eigenvalue weighted by Crippen LogP contribution is -2.24. The largest absolute Gasteiger partial charge is 0.481 e. The van der Waals surface area contributed by atoms with Crippen molar-refractivity contribution in [1.82, 2.24) is 9.97 Å². The molecule has 1 heterocycles. The Hall–Kier alpha value is -2.36. The monoisotopic (exact) mass is 306 g/mol. The fourth-order valence-electron chi connectivity index (χ4n) is 4.73. The average molecular weight is 306 g/mol. The second-order valence-electron chi connectivity index (χ2n) is 6.55. The van der Waals surface area contributed by atoms with E-state index < -0.39 is 0 Å². The first-order chi connectivity index (χ1) is 11.3. The lowest BCUT2D eigenvalue weighted by atomic mass is 9.71. The van der Waals surface area contributed by atoms with E-state index in [-0.39, 0.29) is 11.8 Å². The van der Waals surface area contributed by atoms with Crippen molar-refractivity contribution in [2.75, 3.05) is 14.2 Å². The normalized spacial score (nSPS) is 29.0. The van der Waals surface area contributed by atoms with Gasteiger partial charge in [0.2, 0.25) is 5.88 Å². The van der Waals surface area contributed by atoms with Crippen LogP contribution in [0.3, 0.4) is 0 Å². The predicted octanol–water partition coefficient (Wildman–Crippen LogP) is 3.28. The summed E-state index contributed by atoms with van der Waals surface area (Å²) < 4.78 is 10.9. The molecule has 0 aliphatic heterocycles. The third-order valence-electron chi connectivity index (χ3n) is 5.57. The van der Waals surface area contributed by atoms with Gasteiger partial charge in [-0.1, -0.05) is 36.4 Å². The van der Waals surface area contributed by atoms with Crippen molar-refractivity contribution in [2.45, 2.75) is 18.3 Å². The van der Waals surface area contributed by atoms with Gasteiger partial charge in [-0.05, 0) is 29.4 Å². The summed E-state index contributed by atoms with van der Waals surface area (Å²) in [6.45, 7) is 0. The predicted molar refractivity (Wildman–Crippen MR) is 86.0 cm³/mol. The Balaban J connectivity index is 1.86. The van der Waals surface area contributed by atoms with Crippen LogP contribution in [0.4, 0.5) is 0 Å². The minimum absolute atomic E-state index is 0.270. The van der Waals surface area contributed by atoms with Gasteiger partial charge in [0.25, 0.3) is 0 Å². The van der Waals surface area contributed by atoms with Gasteiger partial charge >= 0.3 is 6.01 Å². The Morgan fingerprint density at radius 1 is 0.913 bits per heavy atom. The molecule has 4 nitrogen and oxygen atoms in total.